The molecule has 1 fully saturated rings. The fourth-order valence-electron chi connectivity index (χ4n) is 1.94. The van der Waals surface area contributed by atoms with E-state index in [2.05, 4.69) is 5.32 Å². The number of nitrogen functional groups attached to an aromatic ring is 1. The Balaban J connectivity index is 2.10. The summed E-state index contributed by atoms with van der Waals surface area (Å²) in [7, 11) is 0. The number of carboxylic acid groups (broad SMARTS) is 1. The lowest BCUT2D eigenvalue weighted by atomic mass is 10.1. The van der Waals surface area contributed by atoms with E-state index in [-0.39, 0.29) is 5.56 Å². The number of hydrogen-bond acceptors (Lipinski definition) is 4. The molecule has 1 aromatic carbocycles. The molecule has 0 saturated carbocycles. The molecule has 0 aromatic heterocycles. The molecule has 17 heavy (non-hydrogen) atoms. The number of carbonyl (C=O) groups is 1. The topological polar surface area (TPSA) is 84.6 Å². The van der Waals surface area contributed by atoms with Gasteiger partial charge in [0.25, 0.3) is 0 Å². The van der Waals surface area contributed by atoms with Crippen LogP contribution in [0.25, 0.3) is 0 Å². The minimum Gasteiger partial charge on any atom is -0.478 e. The number of ether oxygens (including phenoxy) is 1. The summed E-state index contributed by atoms with van der Waals surface area (Å²) >= 11 is 0. The van der Waals surface area contributed by atoms with Crippen LogP contribution < -0.4 is 11.1 Å². The van der Waals surface area contributed by atoms with E-state index >= 15 is 0 Å². The molecule has 0 bridgehead atoms. The average molecular weight is 236 g/mol. The van der Waals surface area contributed by atoms with Crippen LogP contribution in [-0.4, -0.2) is 30.8 Å². The lowest BCUT2D eigenvalue weighted by molar-refractivity contribution is 0.0698. The molecule has 1 aliphatic rings. The van der Waals surface area contributed by atoms with Gasteiger partial charge in [0, 0.05) is 19.1 Å². The molecule has 5 nitrogen and oxygen atoms in total. The van der Waals surface area contributed by atoms with E-state index in [1.807, 2.05) is 0 Å². The zero-order valence-electron chi connectivity index (χ0n) is 9.48. The van der Waals surface area contributed by atoms with E-state index in [1.54, 1.807) is 18.2 Å². The first-order chi connectivity index (χ1) is 8.18. The van der Waals surface area contributed by atoms with Crippen LogP contribution in [0.4, 0.5) is 11.4 Å². The minimum atomic E-state index is -0.970. The molecule has 1 aromatic rings. The number of nitrogens with two attached hydrogens (primary N) is 1. The maximum Gasteiger partial charge on any atom is 0.337 e. The molecule has 1 heterocycles. The Bertz CT molecular complexity index is 414. The molecule has 92 valence electrons. The number of anilines is 2. The van der Waals surface area contributed by atoms with Crippen LogP contribution in [0, 0.1) is 5.92 Å². The number of para-hydroxylation sites is 1. The predicted molar refractivity (Wildman–Crippen MR) is 65.2 cm³/mol. The van der Waals surface area contributed by atoms with Crippen molar-refractivity contribution in [2.75, 3.05) is 30.8 Å². The van der Waals surface area contributed by atoms with E-state index in [9.17, 15) is 4.79 Å². The van der Waals surface area contributed by atoms with Gasteiger partial charge >= 0.3 is 5.97 Å². The summed E-state index contributed by atoms with van der Waals surface area (Å²) in [6, 6.07) is 4.88. The molecule has 1 saturated heterocycles. The molecule has 2 rings (SSSR count). The third-order valence-electron chi connectivity index (χ3n) is 2.92. The first kappa shape index (κ1) is 11.7. The van der Waals surface area contributed by atoms with Crippen molar-refractivity contribution in [1.82, 2.24) is 0 Å². The summed E-state index contributed by atoms with van der Waals surface area (Å²) in [6.45, 7) is 2.19. The Labute approximate surface area is 99.6 Å². The number of hydrogen-bond donors (Lipinski definition) is 3. The second-order valence-corrected chi connectivity index (χ2v) is 4.19. The largest absolute Gasteiger partial charge is 0.478 e. The minimum absolute atomic E-state index is 0.212. The molecule has 0 aliphatic carbocycles. The maximum atomic E-state index is 11.0. The van der Waals surface area contributed by atoms with Gasteiger partial charge in [-0.05, 0) is 18.6 Å². The highest BCUT2D eigenvalue weighted by Gasteiger charge is 2.17. The van der Waals surface area contributed by atoms with Gasteiger partial charge in [0.2, 0.25) is 0 Å². The summed E-state index contributed by atoms with van der Waals surface area (Å²) in [5.41, 5.74) is 6.97. The van der Waals surface area contributed by atoms with Crippen LogP contribution in [0.2, 0.25) is 0 Å². The number of rotatable bonds is 4. The standard InChI is InChI=1S/C12H16N2O3/c13-10-3-1-2-9(12(15)16)11(10)14-6-8-4-5-17-7-8/h1-3,8,14H,4-7,13H2,(H,15,16). The first-order valence-corrected chi connectivity index (χ1v) is 5.62. The fourth-order valence-corrected chi connectivity index (χ4v) is 1.94. The molecule has 4 N–H and O–H groups in total. The van der Waals surface area contributed by atoms with E-state index in [0.29, 0.717) is 23.8 Å². The van der Waals surface area contributed by atoms with Crippen LogP contribution in [0.3, 0.4) is 0 Å². The van der Waals surface area contributed by atoms with Crippen LogP contribution in [0.1, 0.15) is 16.8 Å². The van der Waals surface area contributed by atoms with Gasteiger partial charge in [0.15, 0.2) is 0 Å². The fraction of sp³-hybridized carbons (Fsp3) is 0.417. The second-order valence-electron chi connectivity index (χ2n) is 4.19. The molecule has 1 atom stereocenters. The van der Waals surface area contributed by atoms with Crippen molar-refractivity contribution in [1.29, 1.82) is 0 Å². The summed E-state index contributed by atoms with van der Waals surface area (Å²) in [6.07, 6.45) is 1.00. The molecular formula is C12H16N2O3. The van der Waals surface area contributed by atoms with Crippen molar-refractivity contribution in [2.24, 2.45) is 5.92 Å². The first-order valence-electron chi connectivity index (χ1n) is 5.62. The maximum absolute atomic E-state index is 11.0. The van der Waals surface area contributed by atoms with Gasteiger partial charge in [-0.25, -0.2) is 4.79 Å². The van der Waals surface area contributed by atoms with Gasteiger partial charge in [0.1, 0.15) is 0 Å². The molecule has 1 aliphatic heterocycles. The van der Waals surface area contributed by atoms with Gasteiger partial charge in [-0.3, -0.25) is 0 Å². The van der Waals surface area contributed by atoms with E-state index in [0.717, 1.165) is 19.6 Å². The Morgan fingerprint density at radius 2 is 2.41 bits per heavy atom. The number of carboxylic acids is 1. The van der Waals surface area contributed by atoms with Crippen molar-refractivity contribution in [2.45, 2.75) is 6.42 Å². The zero-order chi connectivity index (χ0) is 12.3. The number of aromatic carboxylic acids is 1. The van der Waals surface area contributed by atoms with Gasteiger partial charge in [-0.2, -0.15) is 0 Å². The Morgan fingerprint density at radius 3 is 3.06 bits per heavy atom. The monoisotopic (exact) mass is 236 g/mol. The molecular weight excluding hydrogens is 220 g/mol. The molecule has 0 radical (unpaired) electrons. The molecule has 0 amide bonds. The summed E-state index contributed by atoms with van der Waals surface area (Å²) in [5.74, 6) is -0.543. The van der Waals surface area contributed by atoms with Gasteiger partial charge in [-0.15, -0.1) is 0 Å². The Morgan fingerprint density at radius 1 is 1.59 bits per heavy atom. The summed E-state index contributed by atoms with van der Waals surface area (Å²) in [5, 5.41) is 12.2. The average Bonchev–Trinajstić information content (AvgIpc) is 2.80. The molecule has 1 unspecified atom stereocenters. The van der Waals surface area contributed by atoms with Crippen molar-refractivity contribution >= 4 is 17.3 Å². The van der Waals surface area contributed by atoms with Crippen LogP contribution in [0.5, 0.6) is 0 Å². The third kappa shape index (κ3) is 2.68. The van der Waals surface area contributed by atoms with Gasteiger partial charge in [-0.1, -0.05) is 6.07 Å². The highest BCUT2D eigenvalue weighted by Crippen LogP contribution is 2.24. The normalized spacial score (nSPS) is 19.2. The lowest BCUT2D eigenvalue weighted by Crippen LogP contribution is -2.17. The quantitative estimate of drug-likeness (QED) is 0.688. The van der Waals surface area contributed by atoms with Gasteiger partial charge < -0.3 is 20.9 Å². The molecule has 5 heteroatoms. The molecule has 0 spiro atoms. The van der Waals surface area contributed by atoms with Crippen molar-refractivity contribution in [3.05, 3.63) is 23.8 Å². The van der Waals surface area contributed by atoms with Crippen LogP contribution in [-0.2, 0) is 4.74 Å². The van der Waals surface area contributed by atoms with Crippen LogP contribution >= 0.6 is 0 Å². The lowest BCUT2D eigenvalue weighted by Gasteiger charge is -2.14. The van der Waals surface area contributed by atoms with Crippen molar-refractivity contribution in [3.63, 3.8) is 0 Å². The Kier molecular flexibility index (Phi) is 3.49. The van der Waals surface area contributed by atoms with E-state index < -0.39 is 5.97 Å². The smallest absolute Gasteiger partial charge is 0.337 e. The van der Waals surface area contributed by atoms with E-state index in [1.165, 1.54) is 0 Å². The highest BCUT2D eigenvalue weighted by molar-refractivity contribution is 5.97. The Hall–Kier alpha value is -1.75. The SMILES string of the molecule is Nc1cccc(C(=O)O)c1NCC1CCOC1. The van der Waals surface area contributed by atoms with Crippen LogP contribution in [0.15, 0.2) is 18.2 Å². The zero-order valence-corrected chi connectivity index (χ0v) is 9.48. The number of nitrogens with one attached hydrogen (secondary N) is 1. The number of benzene rings is 1. The second kappa shape index (κ2) is 5.05. The van der Waals surface area contributed by atoms with E-state index in [4.69, 9.17) is 15.6 Å². The van der Waals surface area contributed by atoms with Crippen molar-refractivity contribution in [3.8, 4) is 0 Å². The highest BCUT2D eigenvalue weighted by atomic mass is 16.5. The van der Waals surface area contributed by atoms with Crippen molar-refractivity contribution < 1.29 is 14.6 Å². The predicted octanol–water partition coefficient (Wildman–Crippen LogP) is 1.42. The summed E-state index contributed by atoms with van der Waals surface area (Å²) in [4.78, 5) is 11.0. The third-order valence-corrected chi connectivity index (χ3v) is 2.92. The summed E-state index contributed by atoms with van der Waals surface area (Å²) < 4.78 is 5.27. The van der Waals surface area contributed by atoms with Gasteiger partial charge in [0.05, 0.1) is 23.5 Å².